The molecule has 0 spiro atoms. The third-order valence-electron chi connectivity index (χ3n) is 3.68. The number of primary amides is 1. The number of fused-ring (bicyclic) bond motifs is 1. The number of amides is 1. The van der Waals surface area contributed by atoms with Gasteiger partial charge < -0.3 is 15.6 Å². The van der Waals surface area contributed by atoms with Crippen molar-refractivity contribution in [2.75, 3.05) is 6.54 Å². The Morgan fingerprint density at radius 3 is 2.71 bits per heavy atom. The number of nitrogens with one attached hydrogen (secondary N) is 1. The Kier molecular flexibility index (Phi) is 5.02. The van der Waals surface area contributed by atoms with Crippen LogP contribution in [-0.4, -0.2) is 17.0 Å². The predicted molar refractivity (Wildman–Crippen MR) is 86.8 cm³/mol. The van der Waals surface area contributed by atoms with E-state index in [1.54, 1.807) is 0 Å². The summed E-state index contributed by atoms with van der Waals surface area (Å²) in [4.78, 5) is 11.2. The van der Waals surface area contributed by atoms with Gasteiger partial charge in [0, 0.05) is 24.8 Å². The van der Waals surface area contributed by atoms with Crippen LogP contribution in [0.1, 0.15) is 26.3 Å². The summed E-state index contributed by atoms with van der Waals surface area (Å²) in [6, 6.07) is 8.55. The zero-order valence-electron chi connectivity index (χ0n) is 13.1. The van der Waals surface area contributed by atoms with Crippen LogP contribution in [0.2, 0.25) is 0 Å². The first-order valence-electron chi connectivity index (χ1n) is 7.55. The van der Waals surface area contributed by atoms with Crippen molar-refractivity contribution in [3.05, 3.63) is 36.0 Å². The van der Waals surface area contributed by atoms with Gasteiger partial charge in [0.1, 0.15) is 0 Å². The van der Waals surface area contributed by atoms with Crippen molar-refractivity contribution in [3.63, 3.8) is 0 Å². The van der Waals surface area contributed by atoms with Crippen LogP contribution in [0.15, 0.2) is 30.5 Å². The summed E-state index contributed by atoms with van der Waals surface area (Å²) in [5.41, 5.74) is 7.78. The van der Waals surface area contributed by atoms with Crippen molar-refractivity contribution >= 4 is 16.8 Å². The molecule has 1 heterocycles. The first kappa shape index (κ1) is 15.6. The van der Waals surface area contributed by atoms with Crippen molar-refractivity contribution in [1.29, 1.82) is 0 Å². The van der Waals surface area contributed by atoms with Gasteiger partial charge in [-0.2, -0.15) is 0 Å². The fourth-order valence-electron chi connectivity index (χ4n) is 2.39. The monoisotopic (exact) mass is 287 g/mol. The lowest BCUT2D eigenvalue weighted by Gasteiger charge is -2.11. The Bertz CT molecular complexity index is 616. The largest absolute Gasteiger partial charge is 0.369 e. The summed E-state index contributed by atoms with van der Waals surface area (Å²) in [6.07, 6.45) is 2.02. The molecule has 0 fully saturated rings. The van der Waals surface area contributed by atoms with Crippen molar-refractivity contribution in [2.24, 2.45) is 17.6 Å². The maximum atomic E-state index is 11.2. The number of hydrogen-bond acceptors (Lipinski definition) is 2. The van der Waals surface area contributed by atoms with Crippen LogP contribution >= 0.6 is 0 Å². The van der Waals surface area contributed by atoms with E-state index >= 15 is 0 Å². The van der Waals surface area contributed by atoms with E-state index in [-0.39, 0.29) is 11.8 Å². The van der Waals surface area contributed by atoms with E-state index in [2.05, 4.69) is 48.0 Å². The Morgan fingerprint density at radius 2 is 2.05 bits per heavy atom. The van der Waals surface area contributed by atoms with Crippen LogP contribution in [0.3, 0.4) is 0 Å². The zero-order chi connectivity index (χ0) is 15.4. The number of rotatable bonds is 7. The van der Waals surface area contributed by atoms with E-state index in [0.717, 1.165) is 18.6 Å². The lowest BCUT2D eigenvalue weighted by Crippen LogP contribution is -2.24. The molecule has 3 N–H and O–H groups in total. The molecule has 2 rings (SSSR count). The van der Waals surface area contributed by atoms with E-state index in [1.165, 1.54) is 10.9 Å². The summed E-state index contributed by atoms with van der Waals surface area (Å²) in [6.45, 7) is 8.77. The van der Waals surface area contributed by atoms with Gasteiger partial charge in [0.15, 0.2) is 0 Å². The first-order valence-corrected chi connectivity index (χ1v) is 7.55. The van der Waals surface area contributed by atoms with E-state index in [0.29, 0.717) is 12.5 Å². The lowest BCUT2D eigenvalue weighted by molar-refractivity contribution is -0.121. The van der Waals surface area contributed by atoms with E-state index in [9.17, 15) is 4.79 Å². The van der Waals surface area contributed by atoms with Crippen LogP contribution < -0.4 is 11.1 Å². The maximum Gasteiger partial charge on any atom is 0.222 e. The number of aromatic nitrogens is 1. The minimum Gasteiger partial charge on any atom is -0.369 e. The Morgan fingerprint density at radius 1 is 1.29 bits per heavy atom. The van der Waals surface area contributed by atoms with Gasteiger partial charge in [-0.1, -0.05) is 32.9 Å². The molecule has 0 radical (unpaired) electrons. The van der Waals surface area contributed by atoms with Gasteiger partial charge in [0.05, 0.1) is 5.92 Å². The third kappa shape index (κ3) is 4.08. The van der Waals surface area contributed by atoms with Crippen LogP contribution in [0.5, 0.6) is 0 Å². The van der Waals surface area contributed by atoms with Crippen LogP contribution in [0.25, 0.3) is 10.9 Å². The number of carbonyl (C=O) groups is 1. The summed E-state index contributed by atoms with van der Waals surface area (Å²) >= 11 is 0. The van der Waals surface area contributed by atoms with Gasteiger partial charge in [0.25, 0.3) is 0 Å². The summed E-state index contributed by atoms with van der Waals surface area (Å²) in [5, 5.41) is 4.65. The van der Waals surface area contributed by atoms with Crippen LogP contribution in [-0.2, 0) is 17.9 Å². The third-order valence-corrected chi connectivity index (χ3v) is 3.68. The second kappa shape index (κ2) is 6.76. The van der Waals surface area contributed by atoms with Crippen molar-refractivity contribution in [1.82, 2.24) is 9.88 Å². The van der Waals surface area contributed by atoms with Crippen molar-refractivity contribution < 1.29 is 4.79 Å². The average molecular weight is 287 g/mol. The molecule has 21 heavy (non-hydrogen) atoms. The fourth-order valence-corrected chi connectivity index (χ4v) is 2.39. The van der Waals surface area contributed by atoms with Gasteiger partial charge in [-0.05, 0) is 35.5 Å². The predicted octanol–water partition coefficient (Wildman–Crippen LogP) is 2.51. The van der Waals surface area contributed by atoms with E-state index in [1.807, 2.05) is 13.1 Å². The maximum absolute atomic E-state index is 11.2. The molecule has 0 aliphatic carbocycles. The van der Waals surface area contributed by atoms with Gasteiger partial charge in [-0.3, -0.25) is 4.79 Å². The smallest absolute Gasteiger partial charge is 0.222 e. The van der Waals surface area contributed by atoms with Crippen LogP contribution in [0.4, 0.5) is 0 Å². The van der Waals surface area contributed by atoms with Gasteiger partial charge in [-0.25, -0.2) is 0 Å². The summed E-state index contributed by atoms with van der Waals surface area (Å²) < 4.78 is 2.11. The molecule has 0 aliphatic rings. The molecule has 1 aromatic heterocycles. The molecule has 0 saturated carbocycles. The fraction of sp³-hybridized carbons (Fsp3) is 0.471. The minimum atomic E-state index is -0.258. The molecule has 1 unspecified atom stereocenters. The topological polar surface area (TPSA) is 60.1 Å². The average Bonchev–Trinajstić information content (AvgIpc) is 2.81. The molecule has 114 valence electrons. The molecule has 1 atom stereocenters. The molecular formula is C17H25N3O. The Balaban J connectivity index is 2.14. The molecule has 0 bridgehead atoms. The second-order valence-corrected chi connectivity index (χ2v) is 6.19. The second-order valence-electron chi connectivity index (χ2n) is 6.19. The molecule has 4 nitrogen and oxygen atoms in total. The van der Waals surface area contributed by atoms with E-state index in [4.69, 9.17) is 5.73 Å². The molecule has 1 aromatic carbocycles. The zero-order valence-corrected chi connectivity index (χ0v) is 13.1. The quantitative estimate of drug-likeness (QED) is 0.822. The van der Waals surface area contributed by atoms with Crippen molar-refractivity contribution in [2.45, 2.75) is 33.9 Å². The van der Waals surface area contributed by atoms with Crippen LogP contribution in [0, 0.1) is 11.8 Å². The van der Waals surface area contributed by atoms with Gasteiger partial charge in [-0.15, -0.1) is 0 Å². The molecule has 0 aliphatic heterocycles. The number of hydrogen-bond donors (Lipinski definition) is 2. The molecule has 1 amide bonds. The Labute approximate surface area is 126 Å². The molecule has 0 saturated heterocycles. The number of benzene rings is 1. The number of carbonyl (C=O) groups excluding carboxylic acids is 1. The van der Waals surface area contributed by atoms with E-state index < -0.39 is 0 Å². The number of nitrogens with two attached hydrogens (primary N) is 1. The molecular weight excluding hydrogens is 262 g/mol. The number of nitrogens with zero attached hydrogens (tertiary/aromatic N) is 1. The van der Waals surface area contributed by atoms with Gasteiger partial charge >= 0.3 is 0 Å². The normalized spacial score (nSPS) is 13.0. The lowest BCUT2D eigenvalue weighted by atomic mass is 10.1. The highest BCUT2D eigenvalue weighted by atomic mass is 16.1. The molecule has 4 heteroatoms. The highest BCUT2D eigenvalue weighted by Crippen LogP contribution is 2.19. The SMILES string of the molecule is CC(C)CNCc1ccc2ccn(CC(C)C(N)=O)c2c1. The summed E-state index contributed by atoms with van der Waals surface area (Å²) in [5.74, 6) is 0.226. The minimum absolute atomic E-state index is 0.164. The first-order chi connectivity index (χ1) is 9.97. The standard InChI is InChI=1S/C17H25N3O/c1-12(2)9-19-10-14-4-5-15-6-7-20(16(15)8-14)11-13(3)17(18)21/h4-8,12-13,19H,9-11H2,1-3H3,(H2,18,21). The van der Waals surface area contributed by atoms with Gasteiger partial charge in [0.2, 0.25) is 5.91 Å². The summed E-state index contributed by atoms with van der Waals surface area (Å²) in [7, 11) is 0. The highest BCUT2D eigenvalue weighted by Gasteiger charge is 2.11. The Hall–Kier alpha value is -1.81. The molecule has 2 aromatic rings. The highest BCUT2D eigenvalue weighted by molar-refractivity contribution is 5.81. The van der Waals surface area contributed by atoms with Crippen molar-refractivity contribution in [3.8, 4) is 0 Å².